The lowest BCUT2D eigenvalue weighted by Crippen LogP contribution is -2.17. The van der Waals surface area contributed by atoms with Crippen LogP contribution in [-0.2, 0) is 18.3 Å². The van der Waals surface area contributed by atoms with Crippen molar-refractivity contribution >= 4 is 17.2 Å². The molecular formula is C14H16N2O2S. The monoisotopic (exact) mass is 276 g/mol. The van der Waals surface area contributed by atoms with Crippen molar-refractivity contribution in [3.8, 4) is 5.75 Å². The summed E-state index contributed by atoms with van der Waals surface area (Å²) >= 11 is 1.43. The van der Waals surface area contributed by atoms with Crippen molar-refractivity contribution in [2.45, 2.75) is 13.3 Å². The number of aromatic nitrogens is 1. The van der Waals surface area contributed by atoms with Gasteiger partial charge < -0.3 is 9.30 Å². The van der Waals surface area contributed by atoms with Crippen LogP contribution < -0.4 is 9.54 Å². The first-order valence-electron chi connectivity index (χ1n) is 6.09. The van der Waals surface area contributed by atoms with Gasteiger partial charge in [-0.05, 0) is 18.1 Å². The van der Waals surface area contributed by atoms with Gasteiger partial charge in [0.15, 0.2) is 11.4 Å². The summed E-state index contributed by atoms with van der Waals surface area (Å²) in [6.07, 6.45) is 2.74. The van der Waals surface area contributed by atoms with Gasteiger partial charge in [0.25, 0.3) is 5.91 Å². The number of rotatable bonds is 4. The summed E-state index contributed by atoms with van der Waals surface area (Å²) in [7, 11) is 1.86. The lowest BCUT2D eigenvalue weighted by molar-refractivity contribution is -0.120. The molecule has 1 amide bonds. The van der Waals surface area contributed by atoms with Crippen LogP contribution in [0.3, 0.4) is 0 Å². The van der Waals surface area contributed by atoms with Crippen molar-refractivity contribution in [1.29, 1.82) is 0 Å². The van der Waals surface area contributed by atoms with Gasteiger partial charge in [-0.15, -0.1) is 11.3 Å². The summed E-state index contributed by atoms with van der Waals surface area (Å²) in [6.45, 7) is 2.02. The zero-order valence-electron chi connectivity index (χ0n) is 11.0. The fourth-order valence-electron chi connectivity index (χ4n) is 1.65. The molecule has 0 aliphatic carbocycles. The van der Waals surface area contributed by atoms with E-state index in [0.29, 0.717) is 4.80 Å². The Bertz CT molecular complexity index is 628. The van der Waals surface area contributed by atoms with Gasteiger partial charge in [0.1, 0.15) is 5.75 Å². The van der Waals surface area contributed by atoms with Gasteiger partial charge in [-0.3, -0.25) is 4.79 Å². The van der Waals surface area contributed by atoms with Crippen LogP contribution >= 0.6 is 11.3 Å². The Morgan fingerprint density at radius 3 is 2.89 bits per heavy atom. The molecule has 0 saturated carbocycles. The smallest absolute Gasteiger partial charge is 0.286 e. The number of hydrogen-bond acceptors (Lipinski definition) is 3. The van der Waals surface area contributed by atoms with Gasteiger partial charge in [0, 0.05) is 18.6 Å². The van der Waals surface area contributed by atoms with Crippen molar-refractivity contribution in [2.75, 3.05) is 6.61 Å². The van der Waals surface area contributed by atoms with Crippen LogP contribution in [0, 0.1) is 0 Å². The minimum atomic E-state index is -0.274. The van der Waals surface area contributed by atoms with E-state index in [2.05, 4.69) is 11.9 Å². The maximum atomic E-state index is 11.7. The molecule has 0 fully saturated rings. The van der Waals surface area contributed by atoms with Crippen molar-refractivity contribution in [3.05, 3.63) is 46.2 Å². The van der Waals surface area contributed by atoms with Gasteiger partial charge in [0.05, 0.1) is 0 Å². The molecule has 0 aliphatic rings. The number of aryl methyl sites for hydroxylation is 2. The largest absolute Gasteiger partial charge is 0.483 e. The normalized spacial score (nSPS) is 11.6. The minimum Gasteiger partial charge on any atom is -0.483 e. The molecule has 0 spiro atoms. The number of carbonyl (C=O) groups is 1. The number of nitrogens with zero attached hydrogens (tertiary/aromatic N) is 2. The lowest BCUT2D eigenvalue weighted by Gasteiger charge is -2.07. The number of ether oxygens (including phenoxy) is 1. The van der Waals surface area contributed by atoms with Crippen molar-refractivity contribution in [3.63, 3.8) is 0 Å². The summed E-state index contributed by atoms with van der Waals surface area (Å²) in [5.41, 5.74) is 1.09. The SMILES string of the molecule is CCc1ccccc1OCC(=O)N=c1sccn1C. The Morgan fingerprint density at radius 2 is 2.21 bits per heavy atom. The van der Waals surface area contributed by atoms with Gasteiger partial charge in [0.2, 0.25) is 0 Å². The molecule has 100 valence electrons. The Hall–Kier alpha value is -1.88. The van der Waals surface area contributed by atoms with E-state index >= 15 is 0 Å². The number of thiazole rings is 1. The molecule has 0 unspecified atom stereocenters. The summed E-state index contributed by atoms with van der Waals surface area (Å²) < 4.78 is 7.34. The average molecular weight is 276 g/mol. The predicted molar refractivity (Wildman–Crippen MR) is 75.2 cm³/mol. The highest BCUT2D eigenvalue weighted by Gasteiger charge is 2.04. The van der Waals surface area contributed by atoms with Gasteiger partial charge in [-0.25, -0.2) is 0 Å². The highest BCUT2D eigenvalue weighted by atomic mass is 32.1. The molecule has 0 radical (unpaired) electrons. The van der Waals surface area contributed by atoms with E-state index in [4.69, 9.17) is 4.74 Å². The Balaban J connectivity index is 2.03. The first-order chi connectivity index (χ1) is 9.20. The molecule has 2 aromatic rings. The van der Waals surface area contributed by atoms with E-state index in [1.54, 1.807) is 0 Å². The number of amides is 1. The highest BCUT2D eigenvalue weighted by Crippen LogP contribution is 2.17. The number of benzene rings is 1. The quantitative estimate of drug-likeness (QED) is 0.859. The molecule has 1 aromatic carbocycles. The number of carbonyl (C=O) groups excluding carboxylic acids is 1. The molecule has 4 nitrogen and oxygen atoms in total. The summed E-state index contributed by atoms with van der Waals surface area (Å²) in [5.74, 6) is 0.480. The first-order valence-corrected chi connectivity index (χ1v) is 6.97. The molecule has 0 atom stereocenters. The van der Waals surface area contributed by atoms with Crippen molar-refractivity contribution in [1.82, 2.24) is 4.57 Å². The van der Waals surface area contributed by atoms with Crippen LogP contribution in [-0.4, -0.2) is 17.1 Å². The Kier molecular flexibility index (Phi) is 4.52. The molecule has 1 heterocycles. The Morgan fingerprint density at radius 1 is 1.42 bits per heavy atom. The number of hydrogen-bond donors (Lipinski definition) is 0. The third-order valence-corrected chi connectivity index (χ3v) is 3.53. The summed E-state index contributed by atoms with van der Waals surface area (Å²) in [4.78, 5) is 16.4. The molecule has 1 aromatic heterocycles. The van der Waals surface area contributed by atoms with Crippen LogP contribution in [0.15, 0.2) is 40.8 Å². The first kappa shape index (κ1) is 13.5. The van der Waals surface area contributed by atoms with Crippen molar-refractivity contribution in [2.24, 2.45) is 12.0 Å². The van der Waals surface area contributed by atoms with E-state index in [1.807, 2.05) is 47.5 Å². The average Bonchev–Trinajstić information content (AvgIpc) is 2.82. The molecule has 0 saturated heterocycles. The summed E-state index contributed by atoms with van der Waals surface area (Å²) in [5, 5.41) is 1.89. The van der Waals surface area contributed by atoms with Crippen LogP contribution in [0.4, 0.5) is 0 Å². The van der Waals surface area contributed by atoms with E-state index in [0.717, 1.165) is 17.7 Å². The highest BCUT2D eigenvalue weighted by molar-refractivity contribution is 7.07. The molecule has 0 N–H and O–H groups in total. The molecule has 5 heteroatoms. The molecular weight excluding hydrogens is 260 g/mol. The predicted octanol–water partition coefficient (Wildman–Crippen LogP) is 2.16. The molecule has 0 aliphatic heterocycles. The third kappa shape index (κ3) is 3.54. The molecule has 2 rings (SSSR count). The lowest BCUT2D eigenvalue weighted by atomic mass is 10.1. The fraction of sp³-hybridized carbons (Fsp3) is 0.286. The van der Waals surface area contributed by atoms with E-state index in [9.17, 15) is 4.79 Å². The minimum absolute atomic E-state index is 0.0328. The van der Waals surface area contributed by atoms with Crippen LogP contribution in [0.1, 0.15) is 12.5 Å². The third-order valence-electron chi connectivity index (χ3n) is 2.68. The van der Waals surface area contributed by atoms with Crippen molar-refractivity contribution < 1.29 is 9.53 Å². The second kappa shape index (κ2) is 6.33. The second-order valence-corrected chi connectivity index (χ2v) is 4.92. The van der Waals surface area contributed by atoms with Gasteiger partial charge >= 0.3 is 0 Å². The zero-order valence-corrected chi connectivity index (χ0v) is 11.8. The number of para-hydroxylation sites is 1. The standard InChI is InChI=1S/C14H16N2O2S/c1-3-11-6-4-5-7-12(11)18-10-13(17)15-14-16(2)8-9-19-14/h4-9H,3,10H2,1-2H3. The van der Waals surface area contributed by atoms with E-state index < -0.39 is 0 Å². The Labute approximate surface area is 116 Å². The van der Waals surface area contributed by atoms with E-state index in [1.165, 1.54) is 11.3 Å². The second-order valence-electron chi connectivity index (χ2n) is 4.05. The van der Waals surface area contributed by atoms with Crippen LogP contribution in [0.5, 0.6) is 5.75 Å². The zero-order chi connectivity index (χ0) is 13.7. The van der Waals surface area contributed by atoms with Crippen LogP contribution in [0.25, 0.3) is 0 Å². The maximum absolute atomic E-state index is 11.7. The topological polar surface area (TPSA) is 43.6 Å². The fourth-order valence-corrected chi connectivity index (χ4v) is 2.40. The van der Waals surface area contributed by atoms with Crippen LogP contribution in [0.2, 0.25) is 0 Å². The maximum Gasteiger partial charge on any atom is 0.286 e. The van der Waals surface area contributed by atoms with Gasteiger partial charge in [-0.1, -0.05) is 25.1 Å². The molecule has 19 heavy (non-hydrogen) atoms. The molecule has 0 bridgehead atoms. The van der Waals surface area contributed by atoms with E-state index in [-0.39, 0.29) is 12.5 Å². The summed E-state index contributed by atoms with van der Waals surface area (Å²) in [6, 6.07) is 7.73. The van der Waals surface area contributed by atoms with Gasteiger partial charge in [-0.2, -0.15) is 4.99 Å².